The van der Waals surface area contributed by atoms with Gasteiger partial charge >= 0.3 is 0 Å². The first kappa shape index (κ1) is 16.7. The predicted octanol–water partition coefficient (Wildman–Crippen LogP) is 2.52. The molecule has 1 fully saturated rings. The van der Waals surface area contributed by atoms with Gasteiger partial charge in [-0.05, 0) is 38.3 Å². The van der Waals surface area contributed by atoms with Crippen LogP contribution >= 0.6 is 11.3 Å². The fraction of sp³-hybridized carbons (Fsp3) is 0.611. The number of piperidine rings is 1. The molecule has 1 atom stereocenters. The van der Waals surface area contributed by atoms with Crippen LogP contribution in [0.1, 0.15) is 54.5 Å². The summed E-state index contributed by atoms with van der Waals surface area (Å²) in [6.07, 6.45) is 7.50. The normalized spacial score (nSPS) is 21.0. The minimum Gasteiger partial charge on any atom is -0.333 e. The van der Waals surface area contributed by atoms with Gasteiger partial charge in [0.2, 0.25) is 5.91 Å². The van der Waals surface area contributed by atoms with Gasteiger partial charge in [0.15, 0.2) is 0 Å². The molecule has 0 spiro atoms. The average molecular weight is 359 g/mol. The molecule has 2 aromatic heterocycles. The van der Waals surface area contributed by atoms with Crippen LogP contribution in [0.3, 0.4) is 0 Å². The number of aromatic nitrogens is 3. The highest BCUT2D eigenvalue weighted by molar-refractivity contribution is 7.09. The third-order valence-corrected chi connectivity index (χ3v) is 5.97. The van der Waals surface area contributed by atoms with Gasteiger partial charge in [0, 0.05) is 44.1 Å². The fourth-order valence-electron chi connectivity index (χ4n) is 3.81. The van der Waals surface area contributed by atoms with E-state index in [9.17, 15) is 4.79 Å². The number of nitrogens with one attached hydrogen (secondary N) is 1. The zero-order valence-corrected chi connectivity index (χ0v) is 15.3. The Hall–Kier alpha value is -1.73. The first-order valence-corrected chi connectivity index (χ1v) is 10.1. The van der Waals surface area contributed by atoms with E-state index in [2.05, 4.69) is 21.0 Å². The Kier molecular flexibility index (Phi) is 5.12. The summed E-state index contributed by atoms with van der Waals surface area (Å²) in [4.78, 5) is 19.3. The molecule has 0 aromatic carbocycles. The molecule has 134 valence electrons. The zero-order valence-electron chi connectivity index (χ0n) is 14.5. The van der Waals surface area contributed by atoms with Crippen LogP contribution in [0.4, 0.5) is 0 Å². The van der Waals surface area contributed by atoms with Crippen molar-refractivity contribution in [2.75, 3.05) is 13.1 Å². The lowest BCUT2D eigenvalue weighted by Crippen LogP contribution is -2.38. The van der Waals surface area contributed by atoms with Crippen molar-refractivity contribution in [1.29, 1.82) is 0 Å². The summed E-state index contributed by atoms with van der Waals surface area (Å²) >= 11 is 1.66. The number of carbonyl (C=O) groups is 1. The summed E-state index contributed by atoms with van der Waals surface area (Å²) in [5, 5.41) is 11.2. The Morgan fingerprint density at radius 2 is 2.28 bits per heavy atom. The maximum Gasteiger partial charge on any atom is 0.223 e. The van der Waals surface area contributed by atoms with Gasteiger partial charge in [-0.3, -0.25) is 9.48 Å². The Bertz CT molecular complexity index is 688. The van der Waals surface area contributed by atoms with Crippen LogP contribution in [0.15, 0.2) is 17.6 Å². The molecule has 25 heavy (non-hydrogen) atoms. The van der Waals surface area contributed by atoms with Crippen molar-refractivity contribution in [2.45, 2.75) is 57.7 Å². The molecular formula is C18H25N5OS. The molecule has 1 N–H and O–H groups in total. The van der Waals surface area contributed by atoms with Gasteiger partial charge in [0.25, 0.3) is 0 Å². The van der Waals surface area contributed by atoms with Gasteiger partial charge in [-0.1, -0.05) is 0 Å². The molecule has 4 heterocycles. The van der Waals surface area contributed by atoms with Gasteiger partial charge in [-0.2, -0.15) is 5.10 Å². The lowest BCUT2D eigenvalue weighted by atomic mass is 10.0. The van der Waals surface area contributed by atoms with Crippen molar-refractivity contribution in [3.63, 3.8) is 0 Å². The smallest absolute Gasteiger partial charge is 0.223 e. The number of hydrogen-bond donors (Lipinski definition) is 1. The van der Waals surface area contributed by atoms with Crippen LogP contribution < -0.4 is 5.32 Å². The van der Waals surface area contributed by atoms with Crippen LogP contribution in [-0.4, -0.2) is 38.7 Å². The van der Waals surface area contributed by atoms with Crippen LogP contribution in [-0.2, 0) is 24.3 Å². The van der Waals surface area contributed by atoms with Crippen molar-refractivity contribution in [1.82, 2.24) is 25.0 Å². The van der Waals surface area contributed by atoms with Crippen molar-refractivity contribution in [2.24, 2.45) is 0 Å². The summed E-state index contributed by atoms with van der Waals surface area (Å²) in [6.45, 7) is 3.74. The maximum atomic E-state index is 12.8. The van der Waals surface area contributed by atoms with E-state index in [1.165, 1.54) is 12.1 Å². The Labute approximate surface area is 152 Å². The molecule has 1 amide bonds. The van der Waals surface area contributed by atoms with Gasteiger partial charge in [0.1, 0.15) is 5.01 Å². The number of carbonyl (C=O) groups excluding carboxylic acids is 1. The average Bonchev–Trinajstić information content (AvgIpc) is 3.26. The molecule has 0 bridgehead atoms. The van der Waals surface area contributed by atoms with E-state index in [1.807, 2.05) is 16.5 Å². The number of amides is 1. The highest BCUT2D eigenvalue weighted by Gasteiger charge is 2.29. The zero-order chi connectivity index (χ0) is 17.1. The third kappa shape index (κ3) is 3.77. The molecular weight excluding hydrogens is 334 g/mol. The van der Waals surface area contributed by atoms with E-state index in [0.29, 0.717) is 6.42 Å². The largest absolute Gasteiger partial charge is 0.333 e. The van der Waals surface area contributed by atoms with Crippen LogP contribution in [0.5, 0.6) is 0 Å². The molecule has 1 unspecified atom stereocenters. The number of hydrogen-bond acceptors (Lipinski definition) is 5. The summed E-state index contributed by atoms with van der Waals surface area (Å²) < 4.78 is 2.10. The first-order chi connectivity index (χ1) is 12.3. The van der Waals surface area contributed by atoms with Crippen molar-refractivity contribution in [3.05, 3.63) is 34.0 Å². The molecule has 4 rings (SSSR count). The number of likely N-dealkylation sites (tertiary alicyclic amines) is 1. The molecule has 0 radical (unpaired) electrons. The molecule has 1 saturated heterocycles. The van der Waals surface area contributed by atoms with E-state index >= 15 is 0 Å². The predicted molar refractivity (Wildman–Crippen MR) is 97.3 cm³/mol. The lowest BCUT2D eigenvalue weighted by molar-refractivity contribution is -0.135. The quantitative estimate of drug-likeness (QED) is 0.911. The SMILES string of the molecule is O=C(CCc1cc2n(n1)CCCNC2)N1CCCCC1c1nccs1. The van der Waals surface area contributed by atoms with E-state index < -0.39 is 0 Å². The van der Waals surface area contributed by atoms with E-state index in [4.69, 9.17) is 5.10 Å². The molecule has 2 aliphatic heterocycles. The number of aryl methyl sites for hydroxylation is 2. The number of rotatable bonds is 4. The molecule has 0 aliphatic carbocycles. The van der Waals surface area contributed by atoms with Crippen molar-refractivity contribution >= 4 is 17.2 Å². The summed E-state index contributed by atoms with van der Waals surface area (Å²) in [7, 11) is 0. The Balaban J connectivity index is 1.39. The number of nitrogens with zero attached hydrogens (tertiary/aromatic N) is 4. The van der Waals surface area contributed by atoms with E-state index in [1.54, 1.807) is 11.3 Å². The fourth-order valence-corrected chi connectivity index (χ4v) is 4.59. The summed E-state index contributed by atoms with van der Waals surface area (Å²) in [5.41, 5.74) is 2.27. The third-order valence-electron chi connectivity index (χ3n) is 5.10. The van der Waals surface area contributed by atoms with E-state index in [0.717, 1.165) is 62.6 Å². The van der Waals surface area contributed by atoms with Crippen LogP contribution in [0, 0.1) is 0 Å². The minimum atomic E-state index is 0.171. The van der Waals surface area contributed by atoms with Gasteiger partial charge < -0.3 is 10.2 Å². The molecule has 6 nitrogen and oxygen atoms in total. The van der Waals surface area contributed by atoms with Gasteiger partial charge in [0.05, 0.1) is 17.4 Å². The number of thiazole rings is 1. The highest BCUT2D eigenvalue weighted by atomic mass is 32.1. The monoisotopic (exact) mass is 359 g/mol. The molecule has 2 aromatic rings. The summed E-state index contributed by atoms with van der Waals surface area (Å²) in [6, 6.07) is 2.32. The summed E-state index contributed by atoms with van der Waals surface area (Å²) in [5.74, 6) is 0.237. The van der Waals surface area contributed by atoms with Gasteiger partial charge in [-0.25, -0.2) is 4.98 Å². The standard InChI is InChI=1S/C18H25N5OS/c24-17(22-9-2-1-4-16(22)18-20-8-11-25-18)6-5-14-12-15-13-19-7-3-10-23(15)21-14/h8,11-12,16,19H,1-7,9-10,13H2. The highest BCUT2D eigenvalue weighted by Crippen LogP contribution is 2.32. The maximum absolute atomic E-state index is 12.8. The van der Waals surface area contributed by atoms with Crippen LogP contribution in [0.2, 0.25) is 0 Å². The Morgan fingerprint density at radius 3 is 3.16 bits per heavy atom. The molecule has 2 aliphatic rings. The second-order valence-electron chi connectivity index (χ2n) is 6.85. The minimum absolute atomic E-state index is 0.171. The lowest BCUT2D eigenvalue weighted by Gasteiger charge is -2.34. The second-order valence-corrected chi connectivity index (χ2v) is 7.78. The second kappa shape index (κ2) is 7.66. The first-order valence-electron chi connectivity index (χ1n) is 9.26. The Morgan fingerprint density at radius 1 is 1.32 bits per heavy atom. The van der Waals surface area contributed by atoms with E-state index in [-0.39, 0.29) is 11.9 Å². The van der Waals surface area contributed by atoms with Gasteiger partial charge in [-0.15, -0.1) is 11.3 Å². The van der Waals surface area contributed by atoms with Crippen molar-refractivity contribution in [3.8, 4) is 0 Å². The molecule has 7 heteroatoms. The molecule has 0 saturated carbocycles. The van der Waals surface area contributed by atoms with Crippen LogP contribution in [0.25, 0.3) is 0 Å². The van der Waals surface area contributed by atoms with Crippen molar-refractivity contribution < 1.29 is 4.79 Å². The topological polar surface area (TPSA) is 63.1 Å². The number of fused-ring (bicyclic) bond motifs is 1.